The van der Waals surface area contributed by atoms with E-state index < -0.39 is 0 Å². The maximum Gasteiger partial charge on any atom is 0.160 e. The highest BCUT2D eigenvalue weighted by Gasteiger charge is 2.32. The van der Waals surface area contributed by atoms with Gasteiger partial charge in [0.2, 0.25) is 0 Å². The molecule has 0 aromatic carbocycles. The van der Waals surface area contributed by atoms with Crippen LogP contribution in [0.25, 0.3) is 0 Å². The van der Waals surface area contributed by atoms with Crippen LogP contribution >= 0.6 is 0 Å². The fourth-order valence-corrected chi connectivity index (χ4v) is 4.53. The van der Waals surface area contributed by atoms with E-state index in [1.165, 1.54) is 38.5 Å². The minimum Gasteiger partial charge on any atom is -0.352 e. The van der Waals surface area contributed by atoms with Crippen molar-refractivity contribution in [1.82, 2.24) is 0 Å². The minimum atomic E-state index is 0.0268. The normalized spacial score (nSPS) is 38.2. The first-order valence-electron chi connectivity index (χ1n) is 9.95. The molecular formula is C21H33FO2. The molecule has 136 valence electrons. The first kappa shape index (κ1) is 18.1. The van der Waals surface area contributed by atoms with Gasteiger partial charge in [-0.25, -0.2) is 4.39 Å². The van der Waals surface area contributed by atoms with Crippen LogP contribution in [-0.2, 0) is 9.47 Å². The number of rotatable bonds is 5. The quantitative estimate of drug-likeness (QED) is 0.591. The van der Waals surface area contributed by atoms with E-state index in [1.54, 1.807) is 0 Å². The molecule has 1 saturated carbocycles. The Morgan fingerprint density at radius 2 is 1.75 bits per heavy atom. The van der Waals surface area contributed by atoms with E-state index in [1.807, 2.05) is 13.0 Å². The molecule has 2 nitrogen and oxygen atoms in total. The molecule has 3 aliphatic rings. The lowest BCUT2D eigenvalue weighted by atomic mass is 9.77. The Hall–Kier alpha value is -0.670. The molecule has 2 aliphatic carbocycles. The van der Waals surface area contributed by atoms with E-state index in [0.717, 1.165) is 37.9 Å². The standard InChI is InChI=1S/C21H33FO2/c1-2-3-18-14-23-21(24-15-18)19-10-6-16(7-11-19)4-5-17-8-12-20(22)13-9-17/h2-3,12,16-19,21H,4-11,13-15H2,1H3/b3-2+. The van der Waals surface area contributed by atoms with Gasteiger partial charge in [-0.15, -0.1) is 0 Å². The zero-order chi connectivity index (χ0) is 16.8. The lowest BCUT2D eigenvalue weighted by Crippen LogP contribution is -2.38. The number of hydrogen-bond donors (Lipinski definition) is 0. The zero-order valence-electron chi connectivity index (χ0n) is 15.1. The van der Waals surface area contributed by atoms with Crippen LogP contribution in [0.2, 0.25) is 0 Å². The van der Waals surface area contributed by atoms with Crippen LogP contribution in [0.1, 0.15) is 64.7 Å². The maximum atomic E-state index is 13.1. The van der Waals surface area contributed by atoms with Crippen molar-refractivity contribution in [3.05, 3.63) is 24.1 Å². The molecule has 0 amide bonds. The highest BCUT2D eigenvalue weighted by Crippen LogP contribution is 2.37. The average Bonchev–Trinajstić information content (AvgIpc) is 2.63. The molecule has 1 aliphatic heterocycles. The number of allylic oxidation sites excluding steroid dienone is 3. The second-order valence-corrected chi connectivity index (χ2v) is 7.97. The van der Waals surface area contributed by atoms with Crippen LogP contribution < -0.4 is 0 Å². The summed E-state index contributed by atoms with van der Waals surface area (Å²) in [5.41, 5.74) is 0. The van der Waals surface area contributed by atoms with E-state index >= 15 is 0 Å². The molecule has 0 bridgehead atoms. The molecule has 1 atom stereocenters. The molecule has 0 spiro atoms. The molecule has 0 aromatic rings. The fraction of sp³-hybridized carbons (Fsp3) is 0.810. The summed E-state index contributed by atoms with van der Waals surface area (Å²) in [4.78, 5) is 0. The molecule has 1 unspecified atom stereocenters. The van der Waals surface area contributed by atoms with Gasteiger partial charge < -0.3 is 9.47 Å². The third-order valence-corrected chi connectivity index (χ3v) is 6.14. The third kappa shape index (κ3) is 5.16. The fourth-order valence-electron chi connectivity index (χ4n) is 4.53. The van der Waals surface area contributed by atoms with Crippen molar-refractivity contribution in [2.45, 2.75) is 71.0 Å². The molecule has 0 radical (unpaired) electrons. The molecular weight excluding hydrogens is 303 g/mol. The van der Waals surface area contributed by atoms with Crippen LogP contribution in [0, 0.1) is 23.7 Å². The van der Waals surface area contributed by atoms with Crippen molar-refractivity contribution in [1.29, 1.82) is 0 Å². The Bertz CT molecular complexity index is 429. The summed E-state index contributed by atoms with van der Waals surface area (Å²) in [6.07, 6.45) is 16.5. The first-order valence-corrected chi connectivity index (χ1v) is 9.95. The number of ether oxygens (including phenoxy) is 2. The smallest absolute Gasteiger partial charge is 0.160 e. The van der Waals surface area contributed by atoms with Crippen molar-refractivity contribution in [2.75, 3.05) is 13.2 Å². The van der Waals surface area contributed by atoms with Gasteiger partial charge in [0.15, 0.2) is 6.29 Å². The first-order chi connectivity index (χ1) is 11.7. The third-order valence-electron chi connectivity index (χ3n) is 6.14. The summed E-state index contributed by atoms with van der Waals surface area (Å²) >= 11 is 0. The molecule has 1 saturated heterocycles. The van der Waals surface area contributed by atoms with E-state index in [9.17, 15) is 4.39 Å². The number of halogens is 1. The van der Waals surface area contributed by atoms with Crippen LogP contribution in [0.5, 0.6) is 0 Å². The monoisotopic (exact) mass is 336 g/mol. The van der Waals surface area contributed by atoms with Gasteiger partial charge in [0.1, 0.15) is 0 Å². The van der Waals surface area contributed by atoms with Crippen LogP contribution in [0.15, 0.2) is 24.1 Å². The summed E-state index contributed by atoms with van der Waals surface area (Å²) in [5, 5.41) is 0. The van der Waals surface area contributed by atoms with Gasteiger partial charge in [-0.1, -0.05) is 24.6 Å². The van der Waals surface area contributed by atoms with Gasteiger partial charge in [0.05, 0.1) is 19.0 Å². The molecule has 1 heterocycles. The van der Waals surface area contributed by atoms with Crippen LogP contribution in [0.4, 0.5) is 4.39 Å². The molecule has 0 aromatic heterocycles. The van der Waals surface area contributed by atoms with Crippen molar-refractivity contribution in [2.24, 2.45) is 23.7 Å². The van der Waals surface area contributed by atoms with Gasteiger partial charge in [-0.05, 0) is 70.1 Å². The predicted molar refractivity (Wildman–Crippen MR) is 95.2 cm³/mol. The topological polar surface area (TPSA) is 18.5 Å². The summed E-state index contributed by atoms with van der Waals surface area (Å²) < 4.78 is 25.0. The van der Waals surface area contributed by atoms with E-state index in [2.05, 4.69) is 12.2 Å². The molecule has 3 heteroatoms. The lowest BCUT2D eigenvalue weighted by molar-refractivity contribution is -0.223. The molecule has 2 fully saturated rings. The van der Waals surface area contributed by atoms with Gasteiger partial charge >= 0.3 is 0 Å². The Morgan fingerprint density at radius 1 is 1.04 bits per heavy atom. The van der Waals surface area contributed by atoms with Crippen LogP contribution in [0.3, 0.4) is 0 Å². The highest BCUT2D eigenvalue weighted by molar-refractivity contribution is 4.97. The molecule has 0 N–H and O–H groups in total. The Morgan fingerprint density at radius 3 is 2.38 bits per heavy atom. The van der Waals surface area contributed by atoms with Crippen LogP contribution in [-0.4, -0.2) is 19.5 Å². The van der Waals surface area contributed by atoms with E-state index in [-0.39, 0.29) is 12.1 Å². The average molecular weight is 336 g/mol. The Labute approximate surface area is 146 Å². The lowest BCUT2D eigenvalue weighted by Gasteiger charge is -2.37. The number of hydrogen-bond acceptors (Lipinski definition) is 2. The van der Waals surface area contributed by atoms with Crippen molar-refractivity contribution < 1.29 is 13.9 Å². The van der Waals surface area contributed by atoms with Crippen molar-refractivity contribution in [3.8, 4) is 0 Å². The summed E-state index contributed by atoms with van der Waals surface area (Å²) in [6.45, 7) is 3.66. The second kappa shape index (κ2) is 9.15. The summed E-state index contributed by atoms with van der Waals surface area (Å²) in [5.74, 6) is 2.69. The molecule has 24 heavy (non-hydrogen) atoms. The molecule has 3 rings (SSSR count). The largest absolute Gasteiger partial charge is 0.352 e. The second-order valence-electron chi connectivity index (χ2n) is 7.97. The SMILES string of the molecule is C/C=C/C1COC(C2CCC(CCC3CC=C(F)CC3)CC2)OC1. The minimum absolute atomic E-state index is 0.0268. The van der Waals surface area contributed by atoms with Gasteiger partial charge in [-0.2, -0.15) is 0 Å². The Balaban J connectivity index is 1.33. The van der Waals surface area contributed by atoms with E-state index in [4.69, 9.17) is 9.47 Å². The van der Waals surface area contributed by atoms with Crippen molar-refractivity contribution >= 4 is 0 Å². The van der Waals surface area contributed by atoms with E-state index in [0.29, 0.717) is 18.3 Å². The zero-order valence-corrected chi connectivity index (χ0v) is 15.1. The Kier molecular flexibility index (Phi) is 6.91. The predicted octanol–water partition coefficient (Wildman–Crippen LogP) is 5.79. The summed E-state index contributed by atoms with van der Waals surface area (Å²) in [6, 6.07) is 0. The van der Waals surface area contributed by atoms with Crippen molar-refractivity contribution in [3.63, 3.8) is 0 Å². The highest BCUT2D eigenvalue weighted by atomic mass is 19.1. The summed E-state index contributed by atoms with van der Waals surface area (Å²) in [7, 11) is 0. The maximum absolute atomic E-state index is 13.1. The van der Waals surface area contributed by atoms with Gasteiger partial charge in [-0.3, -0.25) is 0 Å². The van der Waals surface area contributed by atoms with Gasteiger partial charge in [0, 0.05) is 11.8 Å². The van der Waals surface area contributed by atoms with Gasteiger partial charge in [0.25, 0.3) is 0 Å².